The Hall–Kier alpha value is -1.06. The molecule has 3 rings (SSSR count). The van der Waals surface area contributed by atoms with Crippen molar-refractivity contribution in [2.45, 2.75) is 12.5 Å². The van der Waals surface area contributed by atoms with Gasteiger partial charge in [0, 0.05) is 15.6 Å². The number of hydrogen-bond acceptors (Lipinski definition) is 2. The molecule has 0 saturated heterocycles. The molecule has 1 aromatic heterocycles. The van der Waals surface area contributed by atoms with Crippen molar-refractivity contribution in [3.05, 3.63) is 69.0 Å². The lowest BCUT2D eigenvalue weighted by molar-refractivity contribution is 0.737. The lowest BCUT2D eigenvalue weighted by Crippen LogP contribution is -2.11. The summed E-state index contributed by atoms with van der Waals surface area (Å²) in [6.07, 6.45) is 0.754. The first-order valence-corrected chi connectivity index (χ1v) is 7.89. The first-order chi connectivity index (χ1) is 9.63. The van der Waals surface area contributed by atoms with Gasteiger partial charge in [0.25, 0.3) is 0 Å². The molecule has 102 valence electrons. The van der Waals surface area contributed by atoms with Crippen LogP contribution in [-0.2, 0) is 6.42 Å². The van der Waals surface area contributed by atoms with Gasteiger partial charge in [0.05, 0.1) is 10.0 Å². The Morgan fingerprint density at radius 2 is 1.80 bits per heavy atom. The van der Waals surface area contributed by atoms with Gasteiger partial charge in [0.15, 0.2) is 0 Å². The fraction of sp³-hybridized carbons (Fsp3) is 0.125. The fourth-order valence-electron chi connectivity index (χ4n) is 2.21. The van der Waals surface area contributed by atoms with E-state index < -0.39 is 0 Å². The number of rotatable bonds is 3. The smallest absolute Gasteiger partial charge is 0.0595 e. The van der Waals surface area contributed by atoms with Crippen LogP contribution in [0.25, 0.3) is 10.1 Å². The van der Waals surface area contributed by atoms with Crippen LogP contribution < -0.4 is 5.73 Å². The molecular formula is C16H13Cl2NS. The van der Waals surface area contributed by atoms with Crippen LogP contribution in [0.5, 0.6) is 0 Å². The molecule has 1 heterocycles. The Bertz CT molecular complexity index is 718. The van der Waals surface area contributed by atoms with Crippen molar-refractivity contribution in [1.82, 2.24) is 0 Å². The first kappa shape index (κ1) is 13.9. The number of hydrogen-bond donors (Lipinski definition) is 1. The van der Waals surface area contributed by atoms with Crippen LogP contribution >= 0.6 is 34.5 Å². The predicted molar refractivity (Wildman–Crippen MR) is 88.9 cm³/mol. The van der Waals surface area contributed by atoms with E-state index >= 15 is 0 Å². The van der Waals surface area contributed by atoms with Crippen molar-refractivity contribution in [3.8, 4) is 0 Å². The molecular weight excluding hydrogens is 309 g/mol. The van der Waals surface area contributed by atoms with E-state index in [-0.39, 0.29) is 6.04 Å². The highest BCUT2D eigenvalue weighted by Crippen LogP contribution is 2.31. The fourth-order valence-corrected chi connectivity index (χ4v) is 3.59. The van der Waals surface area contributed by atoms with Crippen molar-refractivity contribution in [2.24, 2.45) is 5.73 Å². The van der Waals surface area contributed by atoms with Crippen molar-refractivity contribution < 1.29 is 0 Å². The summed E-state index contributed by atoms with van der Waals surface area (Å²) < 4.78 is 1.27. The number of nitrogens with two attached hydrogens (primary N) is 1. The highest BCUT2D eigenvalue weighted by atomic mass is 35.5. The molecule has 0 fully saturated rings. The summed E-state index contributed by atoms with van der Waals surface area (Å²) in [5.41, 5.74) is 7.41. The predicted octanol–water partition coefficient (Wildman–Crippen LogP) is 5.45. The van der Waals surface area contributed by atoms with E-state index in [4.69, 9.17) is 28.9 Å². The van der Waals surface area contributed by atoms with Crippen LogP contribution in [0.15, 0.2) is 48.5 Å². The minimum atomic E-state index is -0.0235. The van der Waals surface area contributed by atoms with Crippen molar-refractivity contribution in [2.75, 3.05) is 0 Å². The van der Waals surface area contributed by atoms with Crippen LogP contribution in [0, 0.1) is 0 Å². The maximum absolute atomic E-state index is 6.31. The lowest BCUT2D eigenvalue weighted by atomic mass is 10.1. The number of thiophene rings is 1. The van der Waals surface area contributed by atoms with E-state index in [2.05, 4.69) is 18.2 Å². The van der Waals surface area contributed by atoms with Crippen LogP contribution in [0.3, 0.4) is 0 Å². The monoisotopic (exact) mass is 321 g/mol. The lowest BCUT2D eigenvalue weighted by Gasteiger charge is -2.10. The summed E-state index contributed by atoms with van der Waals surface area (Å²) in [5, 5.41) is 2.40. The normalized spacial score (nSPS) is 12.8. The third kappa shape index (κ3) is 2.84. The largest absolute Gasteiger partial charge is 0.323 e. The average Bonchev–Trinajstić information content (AvgIpc) is 2.87. The molecule has 1 unspecified atom stereocenters. The Morgan fingerprint density at radius 1 is 1.00 bits per heavy atom. The number of fused-ring (bicyclic) bond motifs is 1. The minimum absolute atomic E-state index is 0.0235. The third-order valence-corrected chi connectivity index (χ3v) is 5.24. The summed E-state index contributed by atoms with van der Waals surface area (Å²) in [5.74, 6) is 0. The molecule has 0 radical (unpaired) electrons. The van der Waals surface area contributed by atoms with Gasteiger partial charge in [-0.1, -0.05) is 47.5 Å². The quantitative estimate of drug-likeness (QED) is 0.681. The Balaban J connectivity index is 1.84. The second kappa shape index (κ2) is 5.74. The Kier molecular flexibility index (Phi) is 3.99. The van der Waals surface area contributed by atoms with Crippen LogP contribution in [0.4, 0.5) is 0 Å². The van der Waals surface area contributed by atoms with E-state index in [9.17, 15) is 0 Å². The topological polar surface area (TPSA) is 26.0 Å². The van der Waals surface area contributed by atoms with E-state index in [1.807, 2.05) is 30.3 Å². The molecule has 1 atom stereocenters. The second-order valence-corrected chi connectivity index (χ2v) is 6.68. The zero-order valence-electron chi connectivity index (χ0n) is 10.6. The molecule has 2 aromatic carbocycles. The maximum Gasteiger partial charge on any atom is 0.0595 e. The minimum Gasteiger partial charge on any atom is -0.323 e. The SMILES string of the molecule is NC(Cc1ccc(Cl)c(Cl)c1)c1cc2ccccc2s1. The standard InChI is InChI=1S/C16H13Cl2NS/c17-12-6-5-10(7-13(12)18)8-14(19)16-9-11-3-1-2-4-15(11)20-16/h1-7,9,14H,8,19H2. The van der Waals surface area contributed by atoms with Crippen molar-refractivity contribution >= 4 is 44.6 Å². The zero-order chi connectivity index (χ0) is 14.1. The van der Waals surface area contributed by atoms with Gasteiger partial charge in [-0.05, 0) is 41.6 Å². The zero-order valence-corrected chi connectivity index (χ0v) is 13.0. The van der Waals surface area contributed by atoms with Crippen LogP contribution in [0.1, 0.15) is 16.5 Å². The second-order valence-electron chi connectivity index (χ2n) is 4.75. The van der Waals surface area contributed by atoms with Gasteiger partial charge >= 0.3 is 0 Å². The molecule has 0 aliphatic rings. The van der Waals surface area contributed by atoms with E-state index in [1.165, 1.54) is 15.0 Å². The van der Waals surface area contributed by atoms with E-state index in [0.717, 1.165) is 12.0 Å². The summed E-state index contributed by atoms with van der Waals surface area (Å²) in [6, 6.07) is 16.1. The maximum atomic E-state index is 6.31. The van der Waals surface area contributed by atoms with Crippen molar-refractivity contribution in [1.29, 1.82) is 0 Å². The van der Waals surface area contributed by atoms with E-state index in [1.54, 1.807) is 11.3 Å². The molecule has 4 heteroatoms. The summed E-state index contributed by atoms with van der Waals surface area (Å²) >= 11 is 13.7. The third-order valence-electron chi connectivity index (χ3n) is 3.25. The van der Waals surface area contributed by atoms with E-state index in [0.29, 0.717) is 10.0 Å². The highest BCUT2D eigenvalue weighted by Gasteiger charge is 2.11. The van der Waals surface area contributed by atoms with Gasteiger partial charge in [-0.3, -0.25) is 0 Å². The summed E-state index contributed by atoms with van der Waals surface area (Å²) in [6.45, 7) is 0. The Labute approximate surface area is 131 Å². The van der Waals surface area contributed by atoms with Gasteiger partial charge in [0.2, 0.25) is 0 Å². The summed E-state index contributed by atoms with van der Waals surface area (Å²) in [4.78, 5) is 1.19. The van der Waals surface area contributed by atoms with Crippen molar-refractivity contribution in [3.63, 3.8) is 0 Å². The molecule has 3 aromatic rings. The molecule has 0 aliphatic carbocycles. The van der Waals surface area contributed by atoms with Gasteiger partial charge in [-0.15, -0.1) is 11.3 Å². The highest BCUT2D eigenvalue weighted by molar-refractivity contribution is 7.19. The molecule has 0 bridgehead atoms. The molecule has 0 spiro atoms. The average molecular weight is 322 g/mol. The molecule has 0 amide bonds. The van der Waals surface area contributed by atoms with Gasteiger partial charge < -0.3 is 5.73 Å². The van der Waals surface area contributed by atoms with Crippen LogP contribution in [0.2, 0.25) is 10.0 Å². The molecule has 0 saturated carbocycles. The molecule has 0 aliphatic heterocycles. The number of halogens is 2. The molecule has 2 N–H and O–H groups in total. The number of benzene rings is 2. The molecule has 20 heavy (non-hydrogen) atoms. The first-order valence-electron chi connectivity index (χ1n) is 6.31. The van der Waals surface area contributed by atoms with Gasteiger partial charge in [0.1, 0.15) is 0 Å². The van der Waals surface area contributed by atoms with Crippen LogP contribution in [-0.4, -0.2) is 0 Å². The Morgan fingerprint density at radius 3 is 2.55 bits per heavy atom. The van der Waals surface area contributed by atoms with Gasteiger partial charge in [-0.2, -0.15) is 0 Å². The summed E-state index contributed by atoms with van der Waals surface area (Å²) in [7, 11) is 0. The van der Waals surface area contributed by atoms with Gasteiger partial charge in [-0.25, -0.2) is 0 Å². The molecule has 1 nitrogen and oxygen atoms in total.